The molecule has 3 aromatic rings. The molecule has 2 heterocycles. The number of halogens is 1. The van der Waals surface area contributed by atoms with Crippen molar-refractivity contribution in [3.63, 3.8) is 0 Å². The van der Waals surface area contributed by atoms with Gasteiger partial charge in [-0.15, -0.1) is 0 Å². The fourth-order valence-corrected chi connectivity index (χ4v) is 4.70. The number of pyridine rings is 1. The van der Waals surface area contributed by atoms with Crippen LogP contribution in [0.5, 0.6) is 0 Å². The molecule has 0 fully saturated rings. The van der Waals surface area contributed by atoms with Crippen LogP contribution in [0.15, 0.2) is 30.6 Å². The van der Waals surface area contributed by atoms with Gasteiger partial charge in [-0.1, -0.05) is 19.9 Å². The first-order valence-electron chi connectivity index (χ1n) is 8.97. The number of ketones is 1. The van der Waals surface area contributed by atoms with Crippen molar-refractivity contribution >= 4 is 32.8 Å². The van der Waals surface area contributed by atoms with E-state index in [9.17, 15) is 22.6 Å². The van der Waals surface area contributed by atoms with Crippen molar-refractivity contribution in [1.82, 2.24) is 9.97 Å². The Labute approximate surface area is 176 Å². The molecule has 0 spiro atoms. The molecule has 1 amide bonds. The van der Waals surface area contributed by atoms with Gasteiger partial charge in [-0.05, 0) is 23.6 Å². The number of H-pyrrole nitrogens is 1. The standard InChI is InChI=1S/C20H17FN4O5S/c1-9(2)18(31(28,29)30)11-3-4-12(19(23)27)16(21)15(11)17(26)14-8-25-20-13(14)5-10(6-22)7-24-20/h3-5,7-9,18H,1-2H3,(H2,23,27)(H,24,25)(H,28,29,30). The lowest BCUT2D eigenvalue weighted by atomic mass is 9.90. The third kappa shape index (κ3) is 3.90. The number of benzene rings is 1. The molecule has 31 heavy (non-hydrogen) atoms. The lowest BCUT2D eigenvalue weighted by molar-refractivity contribution is 0.0996. The first-order valence-corrected chi connectivity index (χ1v) is 10.5. The van der Waals surface area contributed by atoms with E-state index in [1.165, 1.54) is 32.3 Å². The molecule has 1 aromatic carbocycles. The number of nitriles is 1. The van der Waals surface area contributed by atoms with E-state index >= 15 is 4.39 Å². The highest BCUT2D eigenvalue weighted by Crippen LogP contribution is 2.36. The number of nitrogens with one attached hydrogen (secondary N) is 1. The van der Waals surface area contributed by atoms with Crippen LogP contribution in [0.1, 0.15) is 56.5 Å². The number of aromatic amines is 1. The summed E-state index contributed by atoms with van der Waals surface area (Å²) in [6.45, 7) is 2.95. The van der Waals surface area contributed by atoms with Crippen molar-refractivity contribution in [1.29, 1.82) is 5.26 Å². The van der Waals surface area contributed by atoms with Gasteiger partial charge in [-0.25, -0.2) is 9.37 Å². The second-order valence-electron chi connectivity index (χ2n) is 7.20. The molecule has 0 radical (unpaired) electrons. The summed E-state index contributed by atoms with van der Waals surface area (Å²) in [5, 5.41) is 7.66. The fraction of sp³-hybridized carbons (Fsp3) is 0.200. The summed E-state index contributed by atoms with van der Waals surface area (Å²) in [5.41, 5.74) is 3.84. The van der Waals surface area contributed by atoms with Crippen LogP contribution in [0.3, 0.4) is 0 Å². The average molecular weight is 444 g/mol. The summed E-state index contributed by atoms with van der Waals surface area (Å²) in [6.07, 6.45) is 2.51. The summed E-state index contributed by atoms with van der Waals surface area (Å²) in [5.74, 6) is -4.16. The molecule has 1 atom stereocenters. The van der Waals surface area contributed by atoms with Crippen LogP contribution in [0.4, 0.5) is 4.39 Å². The SMILES string of the molecule is CC(C)C(c1ccc(C(N)=O)c(F)c1C(=O)c1c[nH]c2ncc(C#N)cc12)S(=O)(=O)O. The molecule has 0 aliphatic carbocycles. The van der Waals surface area contributed by atoms with Crippen molar-refractivity contribution in [3.8, 4) is 6.07 Å². The minimum atomic E-state index is -4.74. The monoisotopic (exact) mass is 444 g/mol. The maximum absolute atomic E-state index is 15.3. The van der Waals surface area contributed by atoms with Crippen LogP contribution >= 0.6 is 0 Å². The number of hydrogen-bond donors (Lipinski definition) is 3. The number of carbonyl (C=O) groups excluding carboxylic acids is 2. The quantitative estimate of drug-likeness (QED) is 0.388. The zero-order valence-corrected chi connectivity index (χ0v) is 17.2. The maximum Gasteiger partial charge on any atom is 0.272 e. The molecule has 160 valence electrons. The van der Waals surface area contributed by atoms with Crippen molar-refractivity contribution in [2.75, 3.05) is 0 Å². The molecular weight excluding hydrogens is 427 g/mol. The van der Waals surface area contributed by atoms with Gasteiger partial charge in [0.05, 0.1) is 16.7 Å². The molecule has 0 aliphatic rings. The Morgan fingerprint density at radius 1 is 1.29 bits per heavy atom. The minimum absolute atomic E-state index is 0.0979. The van der Waals surface area contributed by atoms with Crippen LogP contribution in [0, 0.1) is 23.1 Å². The molecule has 2 aromatic heterocycles. The highest BCUT2D eigenvalue weighted by Gasteiger charge is 2.35. The number of primary amides is 1. The van der Waals surface area contributed by atoms with Crippen LogP contribution in [-0.4, -0.2) is 34.6 Å². The van der Waals surface area contributed by atoms with E-state index in [-0.39, 0.29) is 27.7 Å². The number of carbonyl (C=O) groups is 2. The topological polar surface area (TPSA) is 167 Å². The highest BCUT2D eigenvalue weighted by atomic mass is 32.2. The molecule has 0 bridgehead atoms. The van der Waals surface area contributed by atoms with E-state index in [2.05, 4.69) is 9.97 Å². The summed E-state index contributed by atoms with van der Waals surface area (Å²) in [7, 11) is -4.74. The number of fused-ring (bicyclic) bond motifs is 1. The summed E-state index contributed by atoms with van der Waals surface area (Å²) in [6, 6.07) is 5.30. The third-order valence-electron chi connectivity index (χ3n) is 4.80. The number of nitrogens with zero attached hydrogens (tertiary/aromatic N) is 2. The molecule has 9 nitrogen and oxygen atoms in total. The molecule has 4 N–H and O–H groups in total. The summed E-state index contributed by atoms with van der Waals surface area (Å²) >= 11 is 0. The Balaban J connectivity index is 2.36. The lowest BCUT2D eigenvalue weighted by Gasteiger charge is -2.22. The smallest absolute Gasteiger partial charge is 0.272 e. The second kappa shape index (κ2) is 7.90. The van der Waals surface area contributed by atoms with Gasteiger partial charge in [-0.3, -0.25) is 14.1 Å². The van der Waals surface area contributed by atoms with Crippen molar-refractivity contribution in [3.05, 3.63) is 64.2 Å². The normalized spacial score (nSPS) is 12.6. The predicted octanol–water partition coefficient (Wildman–Crippen LogP) is 2.49. The summed E-state index contributed by atoms with van der Waals surface area (Å²) < 4.78 is 49.1. The van der Waals surface area contributed by atoms with Crippen molar-refractivity contribution < 1.29 is 27.0 Å². The van der Waals surface area contributed by atoms with Gasteiger partial charge in [-0.2, -0.15) is 13.7 Å². The van der Waals surface area contributed by atoms with E-state index in [0.717, 1.165) is 12.1 Å². The van der Waals surface area contributed by atoms with Crippen LogP contribution in [0.2, 0.25) is 0 Å². The molecule has 0 aliphatic heterocycles. The minimum Gasteiger partial charge on any atom is -0.366 e. The number of hydrogen-bond acceptors (Lipinski definition) is 6. The molecule has 3 rings (SSSR count). The molecular formula is C20H17FN4O5S. The molecule has 0 saturated heterocycles. The zero-order chi connectivity index (χ0) is 23.1. The third-order valence-corrected chi connectivity index (χ3v) is 6.24. The van der Waals surface area contributed by atoms with E-state index in [1.54, 1.807) is 0 Å². The van der Waals surface area contributed by atoms with Gasteiger partial charge < -0.3 is 10.7 Å². The lowest BCUT2D eigenvalue weighted by Crippen LogP contribution is -2.24. The first kappa shape index (κ1) is 22.1. The predicted molar refractivity (Wildman–Crippen MR) is 108 cm³/mol. The fourth-order valence-electron chi connectivity index (χ4n) is 3.50. The average Bonchev–Trinajstić information content (AvgIpc) is 3.09. The van der Waals surface area contributed by atoms with E-state index < -0.39 is 49.9 Å². The van der Waals surface area contributed by atoms with E-state index in [4.69, 9.17) is 11.0 Å². The van der Waals surface area contributed by atoms with Crippen molar-refractivity contribution in [2.45, 2.75) is 19.1 Å². The van der Waals surface area contributed by atoms with Crippen LogP contribution < -0.4 is 5.73 Å². The van der Waals surface area contributed by atoms with Crippen molar-refractivity contribution in [2.24, 2.45) is 11.7 Å². The van der Waals surface area contributed by atoms with E-state index in [1.807, 2.05) is 6.07 Å². The van der Waals surface area contributed by atoms with Crippen LogP contribution in [0.25, 0.3) is 11.0 Å². The second-order valence-corrected chi connectivity index (χ2v) is 8.74. The van der Waals surface area contributed by atoms with Gasteiger partial charge in [0.2, 0.25) is 0 Å². The Morgan fingerprint density at radius 2 is 1.97 bits per heavy atom. The van der Waals surface area contributed by atoms with Gasteiger partial charge in [0.25, 0.3) is 16.0 Å². The largest absolute Gasteiger partial charge is 0.366 e. The van der Waals surface area contributed by atoms with Crippen LogP contribution in [-0.2, 0) is 10.1 Å². The van der Waals surface area contributed by atoms with E-state index in [0.29, 0.717) is 0 Å². The highest BCUT2D eigenvalue weighted by molar-refractivity contribution is 7.86. The van der Waals surface area contributed by atoms with Gasteiger partial charge >= 0.3 is 0 Å². The Hall–Kier alpha value is -3.62. The molecule has 1 unspecified atom stereocenters. The first-order chi connectivity index (χ1) is 14.5. The maximum atomic E-state index is 15.3. The number of rotatable bonds is 6. The summed E-state index contributed by atoms with van der Waals surface area (Å²) in [4.78, 5) is 31.8. The van der Waals surface area contributed by atoms with Gasteiger partial charge in [0, 0.05) is 23.3 Å². The molecule has 11 heteroatoms. The Bertz CT molecular complexity index is 1370. The number of amides is 1. The van der Waals surface area contributed by atoms with Gasteiger partial charge in [0.15, 0.2) is 5.78 Å². The number of nitrogens with two attached hydrogens (primary N) is 1. The molecule has 0 saturated carbocycles. The zero-order valence-electron chi connectivity index (χ0n) is 16.4. The van der Waals surface area contributed by atoms with Gasteiger partial charge in [0.1, 0.15) is 22.8 Å². The Morgan fingerprint density at radius 3 is 2.52 bits per heavy atom. The Kier molecular flexibility index (Phi) is 5.62. The number of aromatic nitrogens is 2.